The molecular formula is C37H62O6. The number of ether oxygens (including phenoxy) is 4. The molecule has 0 aliphatic carbocycles. The SMILES string of the molecule is CCCCCCCCCCCCCCCC(=O)OCc1cc(OC)c(C/C=C(\C)CCC=C(C)C)c(OCOC)c1CO. The predicted octanol–water partition coefficient (Wildman–Crippen LogP) is 9.93. The maximum Gasteiger partial charge on any atom is 0.306 e. The van der Waals surface area contributed by atoms with Crippen molar-refractivity contribution in [3.8, 4) is 11.5 Å². The average molecular weight is 603 g/mol. The number of hydrogen-bond donors (Lipinski definition) is 1. The van der Waals surface area contributed by atoms with Crippen molar-refractivity contribution in [3.63, 3.8) is 0 Å². The fourth-order valence-corrected chi connectivity index (χ4v) is 5.23. The number of allylic oxidation sites excluding steroid dienone is 4. The van der Waals surface area contributed by atoms with E-state index in [2.05, 4.69) is 39.8 Å². The van der Waals surface area contributed by atoms with Gasteiger partial charge in [0.05, 0.1) is 13.7 Å². The van der Waals surface area contributed by atoms with Crippen molar-refractivity contribution in [2.45, 2.75) is 150 Å². The molecule has 0 fully saturated rings. The van der Waals surface area contributed by atoms with Gasteiger partial charge in [-0.05, 0) is 52.5 Å². The van der Waals surface area contributed by atoms with E-state index < -0.39 is 0 Å². The Hall–Kier alpha value is -2.31. The van der Waals surface area contributed by atoms with Gasteiger partial charge in [-0.2, -0.15) is 0 Å². The topological polar surface area (TPSA) is 74.2 Å². The molecule has 1 aromatic rings. The third-order valence-electron chi connectivity index (χ3n) is 7.86. The minimum Gasteiger partial charge on any atom is -0.496 e. The van der Waals surface area contributed by atoms with Crippen LogP contribution in [0, 0.1) is 0 Å². The molecule has 0 saturated heterocycles. The van der Waals surface area contributed by atoms with Gasteiger partial charge in [-0.1, -0.05) is 107 Å². The third kappa shape index (κ3) is 17.5. The van der Waals surface area contributed by atoms with Gasteiger partial charge in [0.1, 0.15) is 18.1 Å². The maximum atomic E-state index is 12.5. The quantitative estimate of drug-likeness (QED) is 0.0492. The summed E-state index contributed by atoms with van der Waals surface area (Å²) in [4.78, 5) is 12.5. The predicted molar refractivity (Wildman–Crippen MR) is 178 cm³/mol. The van der Waals surface area contributed by atoms with E-state index in [1.807, 2.05) is 6.07 Å². The van der Waals surface area contributed by atoms with Crippen LogP contribution in [0.25, 0.3) is 0 Å². The van der Waals surface area contributed by atoms with Crippen LogP contribution in [0.4, 0.5) is 0 Å². The second-order valence-corrected chi connectivity index (χ2v) is 12.0. The second-order valence-electron chi connectivity index (χ2n) is 12.0. The van der Waals surface area contributed by atoms with Gasteiger partial charge >= 0.3 is 5.97 Å². The minimum atomic E-state index is -0.245. The first kappa shape index (κ1) is 38.7. The highest BCUT2D eigenvalue weighted by molar-refractivity contribution is 5.69. The number of aliphatic hydroxyl groups is 1. The minimum absolute atomic E-state index is 0.0364. The number of carbonyl (C=O) groups excluding carboxylic acids is 1. The highest BCUT2D eigenvalue weighted by Gasteiger charge is 2.20. The Morgan fingerprint density at radius 1 is 0.814 bits per heavy atom. The van der Waals surface area contributed by atoms with Crippen molar-refractivity contribution in [1.29, 1.82) is 0 Å². The Balaban J connectivity index is 2.62. The smallest absolute Gasteiger partial charge is 0.306 e. The summed E-state index contributed by atoms with van der Waals surface area (Å²) in [7, 11) is 3.18. The van der Waals surface area contributed by atoms with Gasteiger partial charge in [-0.25, -0.2) is 0 Å². The lowest BCUT2D eigenvalue weighted by Gasteiger charge is -2.20. The molecule has 43 heavy (non-hydrogen) atoms. The molecule has 0 saturated carbocycles. The van der Waals surface area contributed by atoms with Crippen molar-refractivity contribution >= 4 is 5.97 Å². The normalized spacial score (nSPS) is 11.5. The molecule has 0 aliphatic rings. The summed E-state index contributed by atoms with van der Waals surface area (Å²) in [5.41, 5.74) is 4.70. The Labute approximate surface area is 263 Å². The van der Waals surface area contributed by atoms with E-state index in [-0.39, 0.29) is 26.0 Å². The Bertz CT molecular complexity index is 945. The zero-order valence-corrected chi connectivity index (χ0v) is 28.4. The van der Waals surface area contributed by atoms with Crippen LogP contribution in [0.15, 0.2) is 29.4 Å². The number of aliphatic hydroxyl groups excluding tert-OH is 1. The number of benzene rings is 1. The molecule has 1 rings (SSSR count). The molecule has 1 aromatic carbocycles. The molecule has 0 atom stereocenters. The van der Waals surface area contributed by atoms with Gasteiger partial charge in [0.2, 0.25) is 0 Å². The van der Waals surface area contributed by atoms with Crippen LogP contribution < -0.4 is 9.47 Å². The number of unbranched alkanes of at least 4 members (excludes halogenated alkanes) is 12. The van der Waals surface area contributed by atoms with Crippen molar-refractivity contribution in [3.05, 3.63) is 46.1 Å². The first-order valence-corrected chi connectivity index (χ1v) is 16.8. The lowest BCUT2D eigenvalue weighted by Crippen LogP contribution is -2.11. The van der Waals surface area contributed by atoms with Gasteiger partial charge in [0.15, 0.2) is 6.79 Å². The van der Waals surface area contributed by atoms with Crippen LogP contribution in [0.1, 0.15) is 147 Å². The Morgan fingerprint density at radius 3 is 1.95 bits per heavy atom. The molecule has 0 unspecified atom stereocenters. The number of esters is 1. The van der Waals surface area contributed by atoms with Crippen LogP contribution in [-0.2, 0) is 33.9 Å². The molecule has 0 bridgehead atoms. The van der Waals surface area contributed by atoms with E-state index in [0.717, 1.165) is 31.2 Å². The molecular weight excluding hydrogens is 540 g/mol. The van der Waals surface area contributed by atoms with Crippen molar-refractivity contribution < 1.29 is 28.8 Å². The lowest BCUT2D eigenvalue weighted by atomic mass is 9.98. The third-order valence-corrected chi connectivity index (χ3v) is 7.86. The molecule has 0 aliphatic heterocycles. The van der Waals surface area contributed by atoms with E-state index in [1.54, 1.807) is 14.2 Å². The molecule has 0 aromatic heterocycles. The lowest BCUT2D eigenvalue weighted by molar-refractivity contribution is -0.145. The number of methoxy groups -OCH3 is 2. The number of rotatable bonds is 26. The van der Waals surface area contributed by atoms with E-state index in [0.29, 0.717) is 35.5 Å². The number of carbonyl (C=O) groups is 1. The largest absolute Gasteiger partial charge is 0.496 e. The summed E-state index contributed by atoms with van der Waals surface area (Å²) in [6.45, 7) is 8.46. The zero-order chi connectivity index (χ0) is 31.7. The van der Waals surface area contributed by atoms with Crippen LogP contribution in [0.5, 0.6) is 11.5 Å². The van der Waals surface area contributed by atoms with Crippen LogP contribution in [0.2, 0.25) is 0 Å². The molecule has 0 radical (unpaired) electrons. The molecule has 0 heterocycles. The van der Waals surface area contributed by atoms with Crippen LogP contribution in [0.3, 0.4) is 0 Å². The second kappa shape index (κ2) is 25.1. The molecule has 6 heteroatoms. The zero-order valence-electron chi connectivity index (χ0n) is 28.4. The summed E-state index contributed by atoms with van der Waals surface area (Å²) in [6, 6.07) is 1.85. The summed E-state index contributed by atoms with van der Waals surface area (Å²) in [5, 5.41) is 10.3. The van der Waals surface area contributed by atoms with Crippen molar-refractivity contribution in [1.82, 2.24) is 0 Å². The van der Waals surface area contributed by atoms with Gasteiger partial charge < -0.3 is 24.1 Å². The van der Waals surface area contributed by atoms with Gasteiger partial charge in [0, 0.05) is 30.2 Å². The Kier molecular flexibility index (Phi) is 22.6. The van der Waals surface area contributed by atoms with Gasteiger partial charge in [0.25, 0.3) is 0 Å². The molecule has 0 spiro atoms. The van der Waals surface area contributed by atoms with E-state index in [4.69, 9.17) is 18.9 Å². The van der Waals surface area contributed by atoms with E-state index in [9.17, 15) is 9.90 Å². The van der Waals surface area contributed by atoms with Crippen LogP contribution in [-0.4, -0.2) is 32.1 Å². The molecule has 246 valence electrons. The van der Waals surface area contributed by atoms with Crippen LogP contribution >= 0.6 is 0 Å². The summed E-state index contributed by atoms with van der Waals surface area (Å²) in [6.07, 6.45) is 23.9. The van der Waals surface area contributed by atoms with Gasteiger partial charge in [-0.15, -0.1) is 0 Å². The first-order valence-electron chi connectivity index (χ1n) is 16.8. The van der Waals surface area contributed by atoms with E-state index in [1.165, 1.54) is 81.8 Å². The summed E-state index contributed by atoms with van der Waals surface area (Å²) >= 11 is 0. The van der Waals surface area contributed by atoms with Crippen molar-refractivity contribution in [2.24, 2.45) is 0 Å². The highest BCUT2D eigenvalue weighted by Crippen LogP contribution is 2.37. The average Bonchev–Trinajstić information content (AvgIpc) is 2.99. The Morgan fingerprint density at radius 2 is 1.42 bits per heavy atom. The first-order chi connectivity index (χ1) is 20.9. The highest BCUT2D eigenvalue weighted by atomic mass is 16.7. The number of hydrogen-bond acceptors (Lipinski definition) is 6. The standard InChI is InChI=1S/C37H62O6/c1-7-8-9-10-11-12-13-14-15-16-17-18-19-23-36(39)42-28-32-26-35(41-6)33(37(34(32)27-38)43-29-40-5)25-24-31(4)22-20-21-30(2)3/h21,24,26,38H,7-20,22-23,25,27-29H2,1-6H3/b31-24+. The monoisotopic (exact) mass is 602 g/mol. The maximum absolute atomic E-state index is 12.5. The van der Waals surface area contributed by atoms with E-state index >= 15 is 0 Å². The fraction of sp³-hybridized carbons (Fsp3) is 0.703. The van der Waals surface area contributed by atoms with Crippen molar-refractivity contribution in [2.75, 3.05) is 21.0 Å². The summed E-state index contributed by atoms with van der Waals surface area (Å²) < 4.78 is 22.5. The molecule has 1 N–H and O–H groups in total. The van der Waals surface area contributed by atoms with Gasteiger partial charge in [-0.3, -0.25) is 4.79 Å². The fourth-order valence-electron chi connectivity index (χ4n) is 5.23. The molecule has 0 amide bonds. The summed E-state index contributed by atoms with van der Waals surface area (Å²) in [5.74, 6) is 0.947. The molecule has 6 nitrogen and oxygen atoms in total.